The Labute approximate surface area is 113 Å². The Morgan fingerprint density at radius 3 is 1.83 bits per heavy atom. The molecule has 0 amide bonds. The van der Waals surface area contributed by atoms with E-state index >= 15 is 0 Å². The highest BCUT2D eigenvalue weighted by molar-refractivity contribution is 4.99. The molecule has 1 nitrogen and oxygen atoms in total. The minimum atomic E-state index is -0.335. The third kappa shape index (κ3) is 14.9. The lowest BCUT2D eigenvalue weighted by Gasteiger charge is -1.90. The van der Waals surface area contributed by atoms with Crippen molar-refractivity contribution in [2.75, 3.05) is 0 Å². The molecular weight excluding hydrogens is 220 g/mol. The normalized spacial score (nSPS) is 14.6. The van der Waals surface area contributed by atoms with E-state index in [1.54, 1.807) is 13.0 Å². The second kappa shape index (κ2) is 14.0. The van der Waals surface area contributed by atoms with Crippen molar-refractivity contribution >= 4 is 0 Å². The quantitative estimate of drug-likeness (QED) is 0.428. The summed E-state index contributed by atoms with van der Waals surface area (Å²) in [5.41, 5.74) is 0. The molecule has 1 atom stereocenters. The molecule has 0 rings (SSSR count). The average Bonchev–Trinajstić information content (AvgIpc) is 2.34. The van der Waals surface area contributed by atoms with E-state index in [-0.39, 0.29) is 6.10 Å². The van der Waals surface area contributed by atoms with Crippen LogP contribution in [0.2, 0.25) is 0 Å². The Bertz CT molecular complexity index is 269. The van der Waals surface area contributed by atoms with Gasteiger partial charge in [0.2, 0.25) is 0 Å². The van der Waals surface area contributed by atoms with E-state index in [1.165, 1.54) is 19.3 Å². The van der Waals surface area contributed by atoms with E-state index in [9.17, 15) is 0 Å². The van der Waals surface area contributed by atoms with Crippen molar-refractivity contribution in [3.63, 3.8) is 0 Å². The molecule has 0 aliphatic carbocycles. The zero-order valence-corrected chi connectivity index (χ0v) is 11.9. The topological polar surface area (TPSA) is 20.2 Å². The molecule has 0 spiro atoms. The van der Waals surface area contributed by atoms with Crippen molar-refractivity contribution in [3.8, 4) is 0 Å². The van der Waals surface area contributed by atoms with Crippen molar-refractivity contribution in [1.82, 2.24) is 0 Å². The summed E-state index contributed by atoms with van der Waals surface area (Å²) < 4.78 is 0. The largest absolute Gasteiger partial charge is 0.389 e. The summed E-state index contributed by atoms with van der Waals surface area (Å²) in [6.07, 6.45) is 23.4. The Hall–Kier alpha value is -1.08. The van der Waals surface area contributed by atoms with Gasteiger partial charge in [-0.15, -0.1) is 0 Å². The molecule has 1 N–H and O–H groups in total. The van der Waals surface area contributed by atoms with Crippen molar-refractivity contribution in [3.05, 3.63) is 48.6 Å². The smallest absolute Gasteiger partial charge is 0.0692 e. The minimum Gasteiger partial charge on any atom is -0.389 e. The predicted molar refractivity (Wildman–Crippen MR) is 81.6 cm³/mol. The number of aliphatic hydroxyl groups is 1. The first-order valence-corrected chi connectivity index (χ1v) is 7.07. The summed E-state index contributed by atoms with van der Waals surface area (Å²) in [5, 5.41) is 9.00. The van der Waals surface area contributed by atoms with Crippen LogP contribution in [0.1, 0.15) is 52.4 Å². The fraction of sp³-hybridized carbons (Fsp3) is 0.529. The first kappa shape index (κ1) is 16.9. The molecular formula is C17H28O. The van der Waals surface area contributed by atoms with Gasteiger partial charge in [-0.2, -0.15) is 0 Å². The van der Waals surface area contributed by atoms with Gasteiger partial charge in [-0.3, -0.25) is 0 Å². The number of hydrogen-bond acceptors (Lipinski definition) is 1. The van der Waals surface area contributed by atoms with Gasteiger partial charge in [0.1, 0.15) is 0 Å². The summed E-state index contributed by atoms with van der Waals surface area (Å²) >= 11 is 0. The van der Waals surface area contributed by atoms with Crippen molar-refractivity contribution in [2.24, 2.45) is 0 Å². The Kier molecular flexibility index (Phi) is 13.1. The van der Waals surface area contributed by atoms with E-state index in [4.69, 9.17) is 5.11 Å². The van der Waals surface area contributed by atoms with E-state index in [2.05, 4.69) is 43.4 Å². The molecule has 0 aliphatic heterocycles. The molecule has 0 bridgehead atoms. The highest BCUT2D eigenvalue weighted by atomic mass is 16.3. The standard InChI is InChI=1S/C17H28O/c1-3-4-5-6-7-8-9-10-11-12-13-14-15-16-17(2)18/h6-7,9-10,12-13,15-18H,3-5,8,11,14H2,1-2H3. The lowest BCUT2D eigenvalue weighted by atomic mass is 10.2. The lowest BCUT2D eigenvalue weighted by Crippen LogP contribution is -1.90. The highest BCUT2D eigenvalue weighted by Gasteiger charge is 1.81. The van der Waals surface area contributed by atoms with E-state index < -0.39 is 0 Å². The van der Waals surface area contributed by atoms with Gasteiger partial charge in [0.25, 0.3) is 0 Å². The molecule has 1 heteroatoms. The van der Waals surface area contributed by atoms with Gasteiger partial charge in [0.05, 0.1) is 6.10 Å². The maximum Gasteiger partial charge on any atom is 0.0692 e. The van der Waals surface area contributed by atoms with Gasteiger partial charge in [-0.25, -0.2) is 0 Å². The van der Waals surface area contributed by atoms with Crippen LogP contribution < -0.4 is 0 Å². The Morgan fingerprint density at radius 2 is 1.33 bits per heavy atom. The molecule has 0 aromatic heterocycles. The second-order valence-electron chi connectivity index (χ2n) is 4.43. The molecule has 0 aromatic carbocycles. The average molecular weight is 248 g/mol. The predicted octanol–water partition coefficient (Wildman–Crippen LogP) is 4.95. The van der Waals surface area contributed by atoms with Gasteiger partial charge in [-0.1, -0.05) is 68.4 Å². The van der Waals surface area contributed by atoms with Crippen molar-refractivity contribution in [2.45, 2.75) is 58.5 Å². The van der Waals surface area contributed by atoms with E-state index in [1.807, 2.05) is 6.08 Å². The fourth-order valence-corrected chi connectivity index (χ4v) is 1.43. The SMILES string of the molecule is CCCCC=CCC=CCC=CCC=CC(C)O. The number of unbranched alkanes of at least 4 members (excludes halogenated alkanes) is 2. The number of hydrogen-bond donors (Lipinski definition) is 1. The van der Waals surface area contributed by atoms with Crippen LogP contribution >= 0.6 is 0 Å². The molecule has 18 heavy (non-hydrogen) atoms. The summed E-state index contributed by atoms with van der Waals surface area (Å²) in [7, 11) is 0. The Balaban J connectivity index is 3.42. The van der Waals surface area contributed by atoms with Crippen LogP contribution in [0.4, 0.5) is 0 Å². The van der Waals surface area contributed by atoms with Crippen LogP contribution in [-0.4, -0.2) is 11.2 Å². The molecule has 0 saturated carbocycles. The van der Waals surface area contributed by atoms with Crippen LogP contribution in [0.25, 0.3) is 0 Å². The van der Waals surface area contributed by atoms with Gasteiger partial charge in [0, 0.05) is 0 Å². The van der Waals surface area contributed by atoms with Crippen molar-refractivity contribution < 1.29 is 5.11 Å². The third-order valence-electron chi connectivity index (χ3n) is 2.46. The fourth-order valence-electron chi connectivity index (χ4n) is 1.43. The summed E-state index contributed by atoms with van der Waals surface area (Å²) in [6.45, 7) is 3.98. The lowest BCUT2D eigenvalue weighted by molar-refractivity contribution is 0.244. The molecule has 0 aliphatic rings. The summed E-state index contributed by atoms with van der Waals surface area (Å²) in [4.78, 5) is 0. The van der Waals surface area contributed by atoms with Crippen molar-refractivity contribution in [1.29, 1.82) is 0 Å². The molecule has 102 valence electrons. The minimum absolute atomic E-state index is 0.335. The third-order valence-corrected chi connectivity index (χ3v) is 2.46. The molecule has 0 fully saturated rings. The maximum absolute atomic E-state index is 9.00. The maximum atomic E-state index is 9.00. The first-order chi connectivity index (χ1) is 8.77. The number of allylic oxidation sites excluding steroid dienone is 7. The summed E-state index contributed by atoms with van der Waals surface area (Å²) in [6, 6.07) is 0. The van der Waals surface area contributed by atoms with Crippen LogP contribution in [0.5, 0.6) is 0 Å². The van der Waals surface area contributed by atoms with E-state index in [0.717, 1.165) is 19.3 Å². The van der Waals surface area contributed by atoms with Crippen LogP contribution in [-0.2, 0) is 0 Å². The number of aliphatic hydroxyl groups excluding tert-OH is 1. The van der Waals surface area contributed by atoms with Crippen LogP contribution in [0.3, 0.4) is 0 Å². The van der Waals surface area contributed by atoms with E-state index in [0.29, 0.717) is 0 Å². The van der Waals surface area contributed by atoms with Gasteiger partial charge in [-0.05, 0) is 32.6 Å². The molecule has 0 saturated heterocycles. The highest BCUT2D eigenvalue weighted by Crippen LogP contribution is 1.98. The molecule has 0 radical (unpaired) electrons. The first-order valence-electron chi connectivity index (χ1n) is 7.07. The van der Waals surface area contributed by atoms with Crippen LogP contribution in [0, 0.1) is 0 Å². The molecule has 1 unspecified atom stereocenters. The summed E-state index contributed by atoms with van der Waals surface area (Å²) in [5.74, 6) is 0. The zero-order valence-electron chi connectivity index (χ0n) is 11.9. The monoisotopic (exact) mass is 248 g/mol. The van der Waals surface area contributed by atoms with Gasteiger partial charge >= 0.3 is 0 Å². The molecule has 0 aromatic rings. The number of rotatable bonds is 10. The van der Waals surface area contributed by atoms with Gasteiger partial charge < -0.3 is 5.11 Å². The zero-order chi connectivity index (χ0) is 13.5. The Morgan fingerprint density at radius 1 is 0.833 bits per heavy atom. The second-order valence-corrected chi connectivity index (χ2v) is 4.43. The van der Waals surface area contributed by atoms with Crippen LogP contribution in [0.15, 0.2) is 48.6 Å². The molecule has 0 heterocycles. The van der Waals surface area contributed by atoms with Gasteiger partial charge in [0.15, 0.2) is 0 Å².